The molecule has 2 aromatic heterocycles. The molecule has 0 aliphatic carbocycles. The zero-order valence-corrected chi connectivity index (χ0v) is 13.6. The number of H-pyrrole nitrogens is 1. The highest BCUT2D eigenvalue weighted by atomic mass is 35.5. The predicted molar refractivity (Wildman–Crippen MR) is 94.5 cm³/mol. The van der Waals surface area contributed by atoms with E-state index in [1.165, 1.54) is 0 Å². The average Bonchev–Trinajstić information content (AvgIpc) is 3.23. The maximum atomic E-state index is 12.3. The molecule has 0 bridgehead atoms. The summed E-state index contributed by atoms with van der Waals surface area (Å²) in [6, 6.07) is 14.0. The van der Waals surface area contributed by atoms with E-state index in [9.17, 15) is 9.59 Å². The standard InChI is InChI=1S/C18H12ClN3O3/c19-11-5-6-15-10(7-11)8-16(25-15)18(24)22-21-17(23)13-9-20-14-4-2-1-3-12(13)14/h1-9,20H,(H,21,23)(H,22,24). The number of hydrogen-bond acceptors (Lipinski definition) is 3. The lowest BCUT2D eigenvalue weighted by atomic mass is 10.2. The van der Waals surface area contributed by atoms with Crippen molar-refractivity contribution in [1.29, 1.82) is 0 Å². The van der Waals surface area contributed by atoms with E-state index in [4.69, 9.17) is 16.0 Å². The second-order valence-corrected chi connectivity index (χ2v) is 5.89. The Morgan fingerprint density at radius 1 is 1.00 bits per heavy atom. The number of aromatic nitrogens is 1. The van der Waals surface area contributed by atoms with Crippen LogP contribution in [0, 0.1) is 0 Å². The fourth-order valence-corrected chi connectivity index (χ4v) is 2.81. The summed E-state index contributed by atoms with van der Waals surface area (Å²) in [4.78, 5) is 27.5. The Bertz CT molecular complexity index is 1110. The van der Waals surface area contributed by atoms with Crippen molar-refractivity contribution in [2.24, 2.45) is 0 Å². The molecule has 4 rings (SSSR count). The van der Waals surface area contributed by atoms with Gasteiger partial charge in [0.25, 0.3) is 5.91 Å². The molecule has 6 nitrogen and oxygen atoms in total. The largest absolute Gasteiger partial charge is 0.451 e. The molecule has 0 unspecified atom stereocenters. The third-order valence-electron chi connectivity index (χ3n) is 3.83. The highest BCUT2D eigenvalue weighted by Crippen LogP contribution is 2.23. The number of para-hydroxylation sites is 1. The van der Waals surface area contributed by atoms with Gasteiger partial charge in [-0.15, -0.1) is 0 Å². The van der Waals surface area contributed by atoms with Crippen molar-refractivity contribution in [3.63, 3.8) is 0 Å². The van der Waals surface area contributed by atoms with Crippen LogP contribution in [0.1, 0.15) is 20.9 Å². The quantitative estimate of drug-likeness (QED) is 0.481. The molecule has 0 atom stereocenters. The molecule has 0 saturated heterocycles. The molecule has 25 heavy (non-hydrogen) atoms. The van der Waals surface area contributed by atoms with Gasteiger partial charge in [-0.2, -0.15) is 0 Å². The van der Waals surface area contributed by atoms with Gasteiger partial charge < -0.3 is 9.40 Å². The number of amides is 2. The van der Waals surface area contributed by atoms with Crippen LogP contribution in [0.15, 0.2) is 59.1 Å². The van der Waals surface area contributed by atoms with Crippen LogP contribution in [-0.2, 0) is 0 Å². The first-order valence-corrected chi connectivity index (χ1v) is 7.85. The fraction of sp³-hybridized carbons (Fsp3) is 0. The molecule has 0 fully saturated rings. The van der Waals surface area contributed by atoms with Crippen LogP contribution < -0.4 is 10.9 Å². The highest BCUT2D eigenvalue weighted by molar-refractivity contribution is 6.31. The van der Waals surface area contributed by atoms with Gasteiger partial charge in [-0.05, 0) is 30.3 Å². The Balaban J connectivity index is 1.50. The Morgan fingerprint density at radius 3 is 2.68 bits per heavy atom. The van der Waals surface area contributed by atoms with Crippen molar-refractivity contribution in [1.82, 2.24) is 15.8 Å². The van der Waals surface area contributed by atoms with Crippen LogP contribution in [-0.4, -0.2) is 16.8 Å². The van der Waals surface area contributed by atoms with Crippen LogP contribution in [0.25, 0.3) is 21.9 Å². The van der Waals surface area contributed by atoms with Gasteiger partial charge in [0, 0.05) is 27.5 Å². The van der Waals surface area contributed by atoms with Crippen molar-refractivity contribution in [2.45, 2.75) is 0 Å². The first-order valence-electron chi connectivity index (χ1n) is 7.48. The minimum atomic E-state index is -0.555. The number of aromatic amines is 1. The molecule has 0 spiro atoms. The molecule has 2 heterocycles. The van der Waals surface area contributed by atoms with Gasteiger partial charge in [0.1, 0.15) is 5.58 Å². The van der Waals surface area contributed by atoms with Crippen molar-refractivity contribution in [3.8, 4) is 0 Å². The van der Waals surface area contributed by atoms with Crippen molar-refractivity contribution in [2.75, 3.05) is 0 Å². The summed E-state index contributed by atoms with van der Waals surface area (Å²) in [6.07, 6.45) is 1.59. The number of rotatable bonds is 2. The first kappa shape index (κ1) is 15.3. The van der Waals surface area contributed by atoms with Crippen LogP contribution in [0.5, 0.6) is 0 Å². The number of fused-ring (bicyclic) bond motifs is 2. The number of furan rings is 1. The number of nitrogens with one attached hydrogen (secondary N) is 3. The van der Waals surface area contributed by atoms with Crippen LogP contribution in [0.2, 0.25) is 5.02 Å². The number of hydrazine groups is 1. The van der Waals surface area contributed by atoms with E-state index in [1.807, 2.05) is 24.3 Å². The van der Waals surface area contributed by atoms with Crippen LogP contribution in [0.3, 0.4) is 0 Å². The summed E-state index contributed by atoms with van der Waals surface area (Å²) < 4.78 is 5.45. The molecule has 124 valence electrons. The molecule has 0 saturated carbocycles. The smallest absolute Gasteiger partial charge is 0.305 e. The van der Waals surface area contributed by atoms with Crippen molar-refractivity contribution < 1.29 is 14.0 Å². The molecule has 7 heteroatoms. The molecular formula is C18H12ClN3O3. The summed E-state index contributed by atoms with van der Waals surface area (Å²) in [5.41, 5.74) is 6.55. The predicted octanol–water partition coefficient (Wildman–Crippen LogP) is 3.64. The molecule has 2 aromatic carbocycles. The summed E-state index contributed by atoms with van der Waals surface area (Å²) in [5, 5.41) is 2.03. The lowest BCUT2D eigenvalue weighted by Gasteiger charge is -2.04. The third-order valence-corrected chi connectivity index (χ3v) is 4.06. The first-order chi connectivity index (χ1) is 12.1. The van der Waals surface area contributed by atoms with Gasteiger partial charge in [0.15, 0.2) is 5.76 Å². The van der Waals surface area contributed by atoms with Crippen molar-refractivity contribution >= 4 is 45.3 Å². The Hall–Kier alpha value is -3.25. The molecular weight excluding hydrogens is 342 g/mol. The summed E-state index contributed by atoms with van der Waals surface area (Å²) in [6.45, 7) is 0. The summed E-state index contributed by atoms with van der Waals surface area (Å²) in [5.74, 6) is -0.901. The van der Waals surface area contributed by atoms with E-state index in [0.29, 0.717) is 21.6 Å². The highest BCUT2D eigenvalue weighted by Gasteiger charge is 2.15. The minimum Gasteiger partial charge on any atom is -0.451 e. The SMILES string of the molecule is O=C(NNC(=O)c1c[nH]c2ccccc12)c1cc2cc(Cl)ccc2o1. The van der Waals surface area contributed by atoms with E-state index in [1.54, 1.807) is 30.5 Å². The second-order valence-electron chi connectivity index (χ2n) is 5.45. The molecule has 0 aliphatic heterocycles. The molecule has 3 N–H and O–H groups in total. The number of halogens is 1. The topological polar surface area (TPSA) is 87.1 Å². The number of carbonyl (C=O) groups is 2. The van der Waals surface area contributed by atoms with E-state index >= 15 is 0 Å². The summed E-state index contributed by atoms with van der Waals surface area (Å²) in [7, 11) is 0. The maximum absolute atomic E-state index is 12.3. The van der Waals surface area contributed by atoms with Gasteiger partial charge in [-0.3, -0.25) is 20.4 Å². The fourth-order valence-electron chi connectivity index (χ4n) is 2.63. The van der Waals surface area contributed by atoms with Crippen molar-refractivity contribution in [3.05, 3.63) is 71.1 Å². The number of carbonyl (C=O) groups excluding carboxylic acids is 2. The monoisotopic (exact) mass is 353 g/mol. The van der Waals surface area contributed by atoms with E-state index in [-0.39, 0.29) is 5.76 Å². The molecule has 0 aliphatic rings. The minimum absolute atomic E-state index is 0.0801. The average molecular weight is 354 g/mol. The van der Waals surface area contributed by atoms with E-state index in [0.717, 1.165) is 10.9 Å². The molecule has 0 radical (unpaired) electrons. The zero-order valence-electron chi connectivity index (χ0n) is 12.8. The Morgan fingerprint density at radius 2 is 1.80 bits per heavy atom. The zero-order chi connectivity index (χ0) is 17.4. The maximum Gasteiger partial charge on any atom is 0.305 e. The lowest BCUT2D eigenvalue weighted by Crippen LogP contribution is -2.41. The van der Waals surface area contributed by atoms with E-state index in [2.05, 4.69) is 15.8 Å². The number of hydrogen-bond donors (Lipinski definition) is 3. The third kappa shape index (κ3) is 2.83. The molecule has 4 aromatic rings. The van der Waals surface area contributed by atoms with Gasteiger partial charge in [-0.1, -0.05) is 29.8 Å². The summed E-state index contributed by atoms with van der Waals surface area (Å²) >= 11 is 5.91. The van der Waals surface area contributed by atoms with Crippen LogP contribution in [0.4, 0.5) is 0 Å². The lowest BCUT2D eigenvalue weighted by molar-refractivity contribution is 0.0833. The Kier molecular flexibility index (Phi) is 3.66. The molecule has 2 amide bonds. The van der Waals surface area contributed by atoms with Gasteiger partial charge in [0.05, 0.1) is 5.56 Å². The second kappa shape index (κ2) is 5.99. The van der Waals surface area contributed by atoms with Gasteiger partial charge in [0.2, 0.25) is 0 Å². The van der Waals surface area contributed by atoms with Gasteiger partial charge >= 0.3 is 5.91 Å². The van der Waals surface area contributed by atoms with Crippen LogP contribution >= 0.6 is 11.6 Å². The normalized spacial score (nSPS) is 10.9. The van der Waals surface area contributed by atoms with E-state index < -0.39 is 11.8 Å². The van der Waals surface area contributed by atoms with Gasteiger partial charge in [-0.25, -0.2) is 0 Å². The number of benzene rings is 2. The Labute approximate surface area is 146 Å².